The van der Waals surface area contributed by atoms with Crippen molar-refractivity contribution in [2.24, 2.45) is 5.92 Å². The van der Waals surface area contributed by atoms with Gasteiger partial charge in [0.25, 0.3) is 0 Å². The highest BCUT2D eigenvalue weighted by molar-refractivity contribution is 7.80. The van der Waals surface area contributed by atoms with Gasteiger partial charge in [0.15, 0.2) is 0 Å². The van der Waals surface area contributed by atoms with Crippen molar-refractivity contribution in [2.45, 2.75) is 78.0 Å². The Hall–Kier alpha value is -1.66. The van der Waals surface area contributed by atoms with Crippen LogP contribution in [0.4, 0.5) is 4.79 Å². The van der Waals surface area contributed by atoms with Crippen molar-refractivity contribution in [3.8, 4) is 0 Å². The van der Waals surface area contributed by atoms with Crippen LogP contribution < -0.4 is 10.6 Å². The molecule has 1 aromatic carbocycles. The number of thiocarbonyl (C=S) groups is 1. The number of rotatable bonds is 7. The van der Waals surface area contributed by atoms with Crippen molar-refractivity contribution in [1.82, 2.24) is 15.5 Å². The number of alkyl carbamates (subject to hydrolysis) is 1. The van der Waals surface area contributed by atoms with Gasteiger partial charge in [-0.3, -0.25) is 0 Å². The number of carbonyl (C=O) groups excluding carboxylic acids is 1. The van der Waals surface area contributed by atoms with Crippen LogP contribution in [0.25, 0.3) is 0 Å². The SMILES string of the molecule is CC(C)N(C)C(=S)C(Cc1ccc(CC2CCCNC2)cc1)NC(=O)OC(C)(C)C. The zero-order chi connectivity index (χ0) is 22.3. The summed E-state index contributed by atoms with van der Waals surface area (Å²) in [5.74, 6) is 0.721. The number of likely N-dealkylation sites (N-methyl/N-ethyl adjacent to an activating group) is 1. The second kappa shape index (κ2) is 11.1. The van der Waals surface area contributed by atoms with E-state index in [4.69, 9.17) is 17.0 Å². The molecule has 1 heterocycles. The molecule has 1 aromatic rings. The largest absolute Gasteiger partial charge is 0.444 e. The lowest BCUT2D eigenvalue weighted by Gasteiger charge is -2.31. The molecule has 0 spiro atoms. The molecule has 0 aliphatic carbocycles. The van der Waals surface area contributed by atoms with E-state index in [1.165, 1.54) is 18.4 Å². The minimum atomic E-state index is -0.546. The van der Waals surface area contributed by atoms with Gasteiger partial charge in [0.05, 0.1) is 6.04 Å². The van der Waals surface area contributed by atoms with E-state index in [1.807, 2.05) is 32.7 Å². The van der Waals surface area contributed by atoms with Gasteiger partial charge in [-0.25, -0.2) is 4.79 Å². The molecular formula is C24H39N3O2S. The normalized spacial score (nSPS) is 18.0. The van der Waals surface area contributed by atoms with Gasteiger partial charge < -0.3 is 20.3 Å². The number of nitrogens with zero attached hydrogens (tertiary/aromatic N) is 1. The van der Waals surface area contributed by atoms with Gasteiger partial charge in [-0.05, 0) is 90.4 Å². The third kappa shape index (κ3) is 8.23. The lowest BCUT2D eigenvalue weighted by molar-refractivity contribution is 0.0516. The average Bonchev–Trinajstić information content (AvgIpc) is 2.67. The molecule has 1 fully saturated rings. The van der Waals surface area contributed by atoms with Crippen molar-refractivity contribution >= 4 is 23.3 Å². The molecule has 2 atom stereocenters. The predicted molar refractivity (Wildman–Crippen MR) is 128 cm³/mol. The van der Waals surface area contributed by atoms with Crippen molar-refractivity contribution < 1.29 is 9.53 Å². The number of nitrogens with one attached hydrogen (secondary N) is 2. The Kier molecular flexibility index (Phi) is 9.10. The summed E-state index contributed by atoms with van der Waals surface area (Å²) < 4.78 is 5.47. The highest BCUT2D eigenvalue weighted by Gasteiger charge is 2.25. The molecule has 1 amide bonds. The highest BCUT2D eigenvalue weighted by Crippen LogP contribution is 2.18. The maximum atomic E-state index is 12.4. The van der Waals surface area contributed by atoms with Gasteiger partial charge in [-0.1, -0.05) is 36.5 Å². The van der Waals surface area contributed by atoms with Gasteiger partial charge in [0, 0.05) is 13.1 Å². The fraction of sp³-hybridized carbons (Fsp3) is 0.667. The fourth-order valence-corrected chi connectivity index (χ4v) is 3.98. The van der Waals surface area contributed by atoms with Crippen molar-refractivity contribution in [2.75, 3.05) is 20.1 Å². The first-order chi connectivity index (χ1) is 14.0. The Bertz CT molecular complexity index is 691. The minimum absolute atomic E-state index is 0.256. The molecule has 0 saturated carbocycles. The first-order valence-electron chi connectivity index (χ1n) is 11.1. The van der Waals surface area contributed by atoms with Gasteiger partial charge >= 0.3 is 6.09 Å². The number of ether oxygens (including phenoxy) is 1. The van der Waals surface area contributed by atoms with Gasteiger partial charge in [0.2, 0.25) is 0 Å². The van der Waals surface area contributed by atoms with E-state index in [0.29, 0.717) is 11.4 Å². The summed E-state index contributed by atoms with van der Waals surface area (Å²) in [6, 6.07) is 8.70. The molecule has 2 N–H and O–H groups in total. The summed E-state index contributed by atoms with van der Waals surface area (Å²) in [7, 11) is 1.97. The summed E-state index contributed by atoms with van der Waals surface area (Å²) in [6.45, 7) is 12.0. The van der Waals surface area contributed by atoms with Crippen molar-refractivity contribution in [3.05, 3.63) is 35.4 Å². The predicted octanol–water partition coefficient (Wildman–Crippen LogP) is 4.33. The second-order valence-corrected chi connectivity index (χ2v) is 10.1. The lowest BCUT2D eigenvalue weighted by Crippen LogP contribution is -2.50. The van der Waals surface area contributed by atoms with Crippen molar-refractivity contribution in [1.29, 1.82) is 0 Å². The van der Waals surface area contributed by atoms with Crippen molar-refractivity contribution in [3.63, 3.8) is 0 Å². The second-order valence-electron chi connectivity index (χ2n) is 9.68. The summed E-state index contributed by atoms with van der Waals surface area (Å²) in [6.07, 6.45) is 3.88. The zero-order valence-electron chi connectivity index (χ0n) is 19.5. The van der Waals surface area contributed by atoms with Gasteiger partial charge in [-0.2, -0.15) is 0 Å². The third-order valence-corrected chi connectivity index (χ3v) is 6.07. The quantitative estimate of drug-likeness (QED) is 0.627. The van der Waals surface area contributed by atoms with Crippen LogP contribution in [0.15, 0.2) is 24.3 Å². The monoisotopic (exact) mass is 433 g/mol. The van der Waals surface area contributed by atoms with E-state index in [-0.39, 0.29) is 12.1 Å². The van der Waals surface area contributed by atoms with E-state index >= 15 is 0 Å². The Labute approximate surface area is 187 Å². The number of hydrogen-bond donors (Lipinski definition) is 2. The summed E-state index contributed by atoms with van der Waals surface area (Å²) in [5.41, 5.74) is 1.97. The molecule has 6 heteroatoms. The maximum Gasteiger partial charge on any atom is 0.408 e. The Morgan fingerprint density at radius 2 is 1.90 bits per heavy atom. The molecule has 0 bridgehead atoms. The lowest BCUT2D eigenvalue weighted by atomic mass is 9.91. The van der Waals surface area contributed by atoms with E-state index in [0.717, 1.165) is 31.0 Å². The van der Waals surface area contributed by atoms with E-state index in [1.54, 1.807) is 0 Å². The molecule has 168 valence electrons. The van der Waals surface area contributed by atoms with E-state index < -0.39 is 11.7 Å². The van der Waals surface area contributed by atoms with Gasteiger partial charge in [0.1, 0.15) is 10.6 Å². The average molecular weight is 434 g/mol. The summed E-state index contributed by atoms with van der Waals surface area (Å²) in [5, 5.41) is 6.47. The van der Waals surface area contributed by atoms with Crippen LogP contribution >= 0.6 is 12.2 Å². The van der Waals surface area contributed by atoms with E-state index in [2.05, 4.69) is 48.7 Å². The molecule has 2 rings (SSSR count). The zero-order valence-corrected chi connectivity index (χ0v) is 20.3. The van der Waals surface area contributed by atoms with Crippen LogP contribution in [-0.2, 0) is 17.6 Å². The molecule has 1 saturated heterocycles. The summed E-state index contributed by atoms with van der Waals surface area (Å²) >= 11 is 5.72. The van der Waals surface area contributed by atoms with Crippen LogP contribution in [0.1, 0.15) is 58.6 Å². The smallest absolute Gasteiger partial charge is 0.408 e. The Balaban J connectivity index is 2.06. The number of amides is 1. The molecule has 1 aliphatic rings. The standard InChI is InChI=1S/C24H39N3O2S/c1-17(2)27(6)22(30)21(26-23(28)29-24(3,4)5)15-19-11-9-18(10-12-19)14-20-8-7-13-25-16-20/h9-12,17,20-21,25H,7-8,13-16H2,1-6H3,(H,26,28). The number of carbonyl (C=O) groups is 1. The van der Waals surface area contributed by atoms with Crippen LogP contribution in [0.5, 0.6) is 0 Å². The first-order valence-corrected chi connectivity index (χ1v) is 11.5. The Morgan fingerprint density at radius 3 is 2.43 bits per heavy atom. The molecule has 0 radical (unpaired) electrons. The first kappa shape index (κ1) is 24.6. The minimum Gasteiger partial charge on any atom is -0.444 e. The molecule has 1 aliphatic heterocycles. The summed E-state index contributed by atoms with van der Waals surface area (Å²) in [4.78, 5) is 15.2. The van der Waals surface area contributed by atoms with Crippen LogP contribution in [-0.4, -0.2) is 53.8 Å². The topological polar surface area (TPSA) is 53.6 Å². The molecule has 30 heavy (non-hydrogen) atoms. The molecular weight excluding hydrogens is 394 g/mol. The number of piperidine rings is 1. The Morgan fingerprint density at radius 1 is 1.27 bits per heavy atom. The molecule has 0 aromatic heterocycles. The van der Waals surface area contributed by atoms with Crippen LogP contribution in [0.3, 0.4) is 0 Å². The third-order valence-electron chi connectivity index (χ3n) is 5.50. The van der Waals surface area contributed by atoms with Crippen LogP contribution in [0, 0.1) is 5.92 Å². The molecule has 2 unspecified atom stereocenters. The van der Waals surface area contributed by atoms with Gasteiger partial charge in [-0.15, -0.1) is 0 Å². The molecule has 5 nitrogen and oxygen atoms in total. The number of hydrogen-bond acceptors (Lipinski definition) is 4. The highest BCUT2D eigenvalue weighted by atomic mass is 32.1. The maximum absolute atomic E-state index is 12.4. The van der Waals surface area contributed by atoms with E-state index in [9.17, 15) is 4.79 Å². The number of benzene rings is 1. The van der Waals surface area contributed by atoms with Crippen LogP contribution in [0.2, 0.25) is 0 Å². The fourth-order valence-electron chi connectivity index (χ4n) is 3.63.